The van der Waals surface area contributed by atoms with Crippen LogP contribution in [0, 0.1) is 6.92 Å². The van der Waals surface area contributed by atoms with Crippen LogP contribution in [0.15, 0.2) is 22.7 Å². The molecule has 0 bridgehead atoms. The molecule has 2 aromatic rings. The van der Waals surface area contributed by atoms with Gasteiger partial charge in [-0.15, -0.1) is 11.3 Å². The Hall–Kier alpha value is -1.09. The van der Waals surface area contributed by atoms with Gasteiger partial charge in [-0.2, -0.15) is 0 Å². The molecule has 0 fully saturated rings. The van der Waals surface area contributed by atoms with Crippen LogP contribution in [0.3, 0.4) is 0 Å². The minimum Gasteiger partial charge on any atom is -0.440 e. The van der Waals surface area contributed by atoms with Gasteiger partial charge in [0.15, 0.2) is 11.7 Å². The summed E-state index contributed by atoms with van der Waals surface area (Å²) in [5.74, 6) is 2.04. The van der Waals surface area contributed by atoms with Gasteiger partial charge < -0.3 is 4.42 Å². The fourth-order valence-corrected chi connectivity index (χ4v) is 2.05. The number of hydrogen-bond donors (Lipinski definition) is 0. The molecule has 0 saturated carbocycles. The number of rotatable bonds is 2. The molecule has 0 radical (unpaired) electrons. The minimum absolute atomic E-state index is 0.352. The fraction of sp³-hybridized carbons (Fsp3) is 0.364. The predicted molar refractivity (Wildman–Crippen MR) is 58.6 cm³/mol. The van der Waals surface area contributed by atoms with Gasteiger partial charge in [0.05, 0.1) is 11.1 Å². The van der Waals surface area contributed by atoms with Crippen molar-refractivity contribution in [3.05, 3.63) is 29.1 Å². The number of aryl methyl sites for hydroxylation is 1. The molecule has 74 valence electrons. The van der Waals surface area contributed by atoms with Gasteiger partial charge in [-0.1, -0.05) is 13.8 Å². The Labute approximate surface area is 87.6 Å². The van der Waals surface area contributed by atoms with Gasteiger partial charge >= 0.3 is 0 Å². The van der Waals surface area contributed by atoms with Gasteiger partial charge in [-0.25, -0.2) is 4.98 Å². The SMILES string of the molecule is Cc1ccc(-c2cnc(C(C)C)o2)s1. The highest BCUT2D eigenvalue weighted by Crippen LogP contribution is 2.29. The van der Waals surface area contributed by atoms with Crippen molar-refractivity contribution in [2.24, 2.45) is 0 Å². The lowest BCUT2D eigenvalue weighted by atomic mass is 10.2. The first-order chi connectivity index (χ1) is 6.66. The smallest absolute Gasteiger partial charge is 0.197 e. The maximum atomic E-state index is 5.64. The highest BCUT2D eigenvalue weighted by Gasteiger charge is 2.10. The van der Waals surface area contributed by atoms with E-state index in [4.69, 9.17) is 4.42 Å². The maximum absolute atomic E-state index is 5.64. The molecule has 0 N–H and O–H groups in total. The minimum atomic E-state index is 0.352. The molecular formula is C11H13NOS. The van der Waals surface area contributed by atoms with Crippen molar-refractivity contribution in [3.8, 4) is 10.6 Å². The summed E-state index contributed by atoms with van der Waals surface area (Å²) < 4.78 is 5.64. The Morgan fingerprint density at radius 2 is 2.14 bits per heavy atom. The van der Waals surface area contributed by atoms with E-state index in [1.807, 2.05) is 0 Å². The highest BCUT2D eigenvalue weighted by molar-refractivity contribution is 7.15. The second-order valence-corrected chi connectivity index (χ2v) is 4.92. The number of aromatic nitrogens is 1. The Bertz CT molecular complexity index is 428. The molecule has 0 aliphatic heterocycles. The van der Waals surface area contributed by atoms with E-state index in [2.05, 4.69) is 37.9 Å². The second kappa shape index (κ2) is 3.58. The summed E-state index contributed by atoms with van der Waals surface area (Å²) in [5, 5.41) is 0. The number of nitrogens with zero attached hydrogens (tertiary/aromatic N) is 1. The zero-order valence-corrected chi connectivity index (χ0v) is 9.39. The lowest BCUT2D eigenvalue weighted by Gasteiger charge is -1.95. The van der Waals surface area contributed by atoms with Crippen LogP contribution >= 0.6 is 11.3 Å². The molecule has 0 atom stereocenters. The van der Waals surface area contributed by atoms with Crippen molar-refractivity contribution in [3.63, 3.8) is 0 Å². The molecule has 2 aromatic heterocycles. The first-order valence-corrected chi connectivity index (χ1v) is 5.51. The number of oxazole rings is 1. The first kappa shape index (κ1) is 9.46. The summed E-state index contributed by atoms with van der Waals surface area (Å²) in [6.45, 7) is 6.25. The van der Waals surface area contributed by atoms with E-state index in [-0.39, 0.29) is 0 Å². The van der Waals surface area contributed by atoms with Crippen LogP contribution in [0.1, 0.15) is 30.5 Å². The quantitative estimate of drug-likeness (QED) is 0.748. The van der Waals surface area contributed by atoms with Crippen LogP contribution in [0.2, 0.25) is 0 Å². The van der Waals surface area contributed by atoms with E-state index in [9.17, 15) is 0 Å². The van der Waals surface area contributed by atoms with E-state index in [0.717, 1.165) is 16.5 Å². The third-order valence-electron chi connectivity index (χ3n) is 2.00. The largest absolute Gasteiger partial charge is 0.440 e. The van der Waals surface area contributed by atoms with Crippen molar-refractivity contribution in [2.75, 3.05) is 0 Å². The molecule has 0 aromatic carbocycles. The molecule has 14 heavy (non-hydrogen) atoms. The summed E-state index contributed by atoms with van der Waals surface area (Å²) in [6, 6.07) is 4.17. The van der Waals surface area contributed by atoms with Crippen LogP contribution < -0.4 is 0 Å². The molecule has 2 nitrogen and oxygen atoms in total. The zero-order chi connectivity index (χ0) is 10.1. The van der Waals surface area contributed by atoms with E-state index in [1.165, 1.54) is 4.88 Å². The summed E-state index contributed by atoms with van der Waals surface area (Å²) in [5.41, 5.74) is 0. The van der Waals surface area contributed by atoms with Gasteiger partial charge in [-0.3, -0.25) is 0 Å². The average molecular weight is 207 g/mol. The van der Waals surface area contributed by atoms with Crippen LogP contribution in [-0.4, -0.2) is 4.98 Å². The molecule has 0 saturated heterocycles. The third-order valence-corrected chi connectivity index (χ3v) is 3.02. The summed E-state index contributed by atoms with van der Waals surface area (Å²) in [6.07, 6.45) is 1.81. The van der Waals surface area contributed by atoms with E-state index >= 15 is 0 Å². The highest BCUT2D eigenvalue weighted by atomic mass is 32.1. The van der Waals surface area contributed by atoms with Crippen LogP contribution in [0.5, 0.6) is 0 Å². The summed E-state index contributed by atoms with van der Waals surface area (Å²) >= 11 is 1.73. The Morgan fingerprint density at radius 3 is 2.64 bits per heavy atom. The summed E-state index contributed by atoms with van der Waals surface area (Å²) in [7, 11) is 0. The van der Waals surface area contributed by atoms with Gasteiger partial charge in [0.2, 0.25) is 0 Å². The van der Waals surface area contributed by atoms with Crippen LogP contribution in [-0.2, 0) is 0 Å². The topological polar surface area (TPSA) is 26.0 Å². The molecule has 3 heteroatoms. The molecule has 2 rings (SSSR count). The van der Waals surface area contributed by atoms with Crippen LogP contribution in [0.4, 0.5) is 0 Å². The second-order valence-electron chi connectivity index (χ2n) is 3.63. The molecule has 0 amide bonds. The Balaban J connectivity index is 2.33. The molecule has 0 unspecified atom stereocenters. The fourth-order valence-electron chi connectivity index (χ4n) is 1.24. The van der Waals surface area contributed by atoms with Crippen molar-refractivity contribution in [1.82, 2.24) is 4.98 Å². The van der Waals surface area contributed by atoms with Crippen molar-refractivity contribution < 1.29 is 4.42 Å². The van der Waals surface area contributed by atoms with Gasteiger partial charge in [-0.05, 0) is 19.1 Å². The van der Waals surface area contributed by atoms with Crippen LogP contribution in [0.25, 0.3) is 10.6 Å². The Kier molecular flexibility index (Phi) is 2.42. The van der Waals surface area contributed by atoms with E-state index in [1.54, 1.807) is 17.5 Å². The summed E-state index contributed by atoms with van der Waals surface area (Å²) in [4.78, 5) is 6.69. The monoisotopic (exact) mass is 207 g/mol. The third kappa shape index (κ3) is 1.73. The number of thiophene rings is 1. The normalized spacial score (nSPS) is 11.1. The molecule has 0 aliphatic carbocycles. The van der Waals surface area contributed by atoms with Crippen molar-refractivity contribution in [2.45, 2.75) is 26.7 Å². The Morgan fingerprint density at radius 1 is 1.36 bits per heavy atom. The molecule has 2 heterocycles. The van der Waals surface area contributed by atoms with E-state index < -0.39 is 0 Å². The molecule has 0 spiro atoms. The maximum Gasteiger partial charge on any atom is 0.197 e. The molecular weight excluding hydrogens is 194 g/mol. The lowest BCUT2D eigenvalue weighted by molar-refractivity contribution is 0.482. The predicted octanol–water partition coefficient (Wildman–Crippen LogP) is 3.83. The van der Waals surface area contributed by atoms with Crippen molar-refractivity contribution in [1.29, 1.82) is 0 Å². The lowest BCUT2D eigenvalue weighted by Crippen LogP contribution is -1.84. The van der Waals surface area contributed by atoms with Gasteiger partial charge in [0.1, 0.15) is 0 Å². The van der Waals surface area contributed by atoms with E-state index in [0.29, 0.717) is 5.92 Å². The number of hydrogen-bond acceptors (Lipinski definition) is 3. The van der Waals surface area contributed by atoms with Gasteiger partial charge in [0, 0.05) is 10.8 Å². The first-order valence-electron chi connectivity index (χ1n) is 4.69. The zero-order valence-electron chi connectivity index (χ0n) is 8.57. The average Bonchev–Trinajstić information content (AvgIpc) is 2.70. The van der Waals surface area contributed by atoms with Gasteiger partial charge in [0.25, 0.3) is 0 Å². The van der Waals surface area contributed by atoms with Crippen molar-refractivity contribution >= 4 is 11.3 Å². The standard InChI is InChI=1S/C11H13NOS/c1-7(2)11-12-6-9(13-11)10-5-4-8(3)14-10/h4-7H,1-3H3. The molecule has 0 aliphatic rings.